The Labute approximate surface area is 184 Å². The Morgan fingerprint density at radius 1 is 0.871 bits per heavy atom. The molecule has 1 saturated carbocycles. The van der Waals surface area contributed by atoms with Crippen molar-refractivity contribution in [2.24, 2.45) is 0 Å². The number of rotatable bonds is 8. The molecule has 1 aliphatic rings. The van der Waals surface area contributed by atoms with Gasteiger partial charge in [-0.2, -0.15) is 0 Å². The molecule has 3 aromatic rings. The molecule has 4 nitrogen and oxygen atoms in total. The molecule has 31 heavy (non-hydrogen) atoms. The minimum absolute atomic E-state index is 0.00901. The van der Waals surface area contributed by atoms with Gasteiger partial charge in [0.05, 0.1) is 17.9 Å². The first kappa shape index (κ1) is 21.0. The van der Waals surface area contributed by atoms with Crippen molar-refractivity contribution >= 4 is 17.3 Å². The third-order valence-electron chi connectivity index (χ3n) is 5.73. The van der Waals surface area contributed by atoms with Crippen molar-refractivity contribution in [2.45, 2.75) is 44.6 Å². The molecule has 1 fully saturated rings. The van der Waals surface area contributed by atoms with E-state index in [4.69, 9.17) is 4.74 Å². The maximum atomic E-state index is 12.9. The second-order valence-corrected chi connectivity index (χ2v) is 8.09. The Balaban J connectivity index is 1.38. The fraction of sp³-hybridized carbons (Fsp3) is 0.296. The number of ether oxygens (including phenoxy) is 1. The van der Waals surface area contributed by atoms with Gasteiger partial charge in [-0.25, -0.2) is 0 Å². The van der Waals surface area contributed by atoms with Crippen molar-refractivity contribution in [3.05, 3.63) is 90.0 Å². The Bertz CT molecular complexity index is 981. The topological polar surface area (TPSA) is 50.4 Å². The van der Waals surface area contributed by atoms with Crippen LogP contribution in [0.4, 0.5) is 11.4 Å². The van der Waals surface area contributed by atoms with Crippen molar-refractivity contribution < 1.29 is 9.53 Å². The highest BCUT2D eigenvalue weighted by atomic mass is 16.5. The van der Waals surface area contributed by atoms with Crippen LogP contribution in [0, 0.1) is 0 Å². The third kappa shape index (κ3) is 6.11. The summed E-state index contributed by atoms with van der Waals surface area (Å²) in [6, 6.07) is 26.2. The lowest BCUT2D eigenvalue weighted by atomic mass is 9.95. The second kappa shape index (κ2) is 10.7. The van der Waals surface area contributed by atoms with E-state index in [0.29, 0.717) is 12.2 Å². The van der Waals surface area contributed by atoms with Crippen LogP contribution in [0.5, 0.6) is 5.75 Å². The highest BCUT2D eigenvalue weighted by Gasteiger charge is 2.18. The average molecular weight is 415 g/mol. The molecule has 1 amide bonds. The number of hydrogen-bond acceptors (Lipinski definition) is 3. The van der Waals surface area contributed by atoms with Crippen LogP contribution in [0.1, 0.15) is 48.0 Å². The minimum Gasteiger partial charge on any atom is -0.493 e. The lowest BCUT2D eigenvalue weighted by Crippen LogP contribution is -2.36. The zero-order chi connectivity index (χ0) is 21.3. The Hall–Kier alpha value is -3.27. The molecular formula is C27H30N2O2. The summed E-state index contributed by atoms with van der Waals surface area (Å²) >= 11 is 0. The fourth-order valence-corrected chi connectivity index (χ4v) is 4.05. The van der Waals surface area contributed by atoms with E-state index in [1.807, 2.05) is 66.7 Å². The first-order chi connectivity index (χ1) is 15.3. The van der Waals surface area contributed by atoms with Crippen LogP contribution in [-0.2, 0) is 6.42 Å². The molecule has 0 aromatic heterocycles. The van der Waals surface area contributed by atoms with E-state index in [2.05, 4.69) is 22.8 Å². The molecule has 0 heterocycles. The maximum Gasteiger partial charge on any atom is 0.253 e. The maximum absolute atomic E-state index is 12.9. The molecule has 0 radical (unpaired) electrons. The van der Waals surface area contributed by atoms with E-state index in [9.17, 15) is 4.79 Å². The molecule has 160 valence electrons. The average Bonchev–Trinajstić information content (AvgIpc) is 2.81. The smallest absolute Gasteiger partial charge is 0.253 e. The first-order valence-corrected chi connectivity index (χ1v) is 11.2. The van der Waals surface area contributed by atoms with Gasteiger partial charge < -0.3 is 15.4 Å². The summed E-state index contributed by atoms with van der Waals surface area (Å²) in [6.45, 7) is 0.619. The summed E-state index contributed by atoms with van der Waals surface area (Å²) in [5.74, 6) is 0.801. The number of carbonyl (C=O) groups excluding carboxylic acids is 1. The number of para-hydroxylation sites is 1. The molecule has 4 heteroatoms. The summed E-state index contributed by atoms with van der Waals surface area (Å²) in [7, 11) is 0. The van der Waals surface area contributed by atoms with Crippen LogP contribution in [0.15, 0.2) is 78.9 Å². The molecule has 0 bridgehead atoms. The van der Waals surface area contributed by atoms with Crippen LogP contribution in [-0.4, -0.2) is 18.6 Å². The summed E-state index contributed by atoms with van der Waals surface area (Å²) in [5.41, 5.74) is 3.63. The molecular weight excluding hydrogens is 384 g/mol. The number of amides is 1. The molecule has 4 rings (SSSR count). The van der Waals surface area contributed by atoms with Gasteiger partial charge in [-0.15, -0.1) is 0 Å². The van der Waals surface area contributed by atoms with E-state index in [0.717, 1.165) is 36.4 Å². The molecule has 0 aliphatic heterocycles. The fourth-order valence-electron chi connectivity index (χ4n) is 4.05. The second-order valence-electron chi connectivity index (χ2n) is 8.09. The van der Waals surface area contributed by atoms with Crippen LogP contribution in [0.3, 0.4) is 0 Å². The number of carbonyl (C=O) groups is 1. The van der Waals surface area contributed by atoms with Crippen molar-refractivity contribution in [1.82, 2.24) is 5.32 Å². The highest BCUT2D eigenvalue weighted by molar-refractivity contribution is 6.00. The number of hydrogen-bond donors (Lipinski definition) is 2. The van der Waals surface area contributed by atoms with Crippen LogP contribution >= 0.6 is 0 Å². The van der Waals surface area contributed by atoms with Gasteiger partial charge in [-0.05, 0) is 42.7 Å². The lowest BCUT2D eigenvalue weighted by Gasteiger charge is -2.23. The quantitative estimate of drug-likeness (QED) is 0.467. The van der Waals surface area contributed by atoms with Gasteiger partial charge in [0.1, 0.15) is 5.75 Å². The molecule has 2 N–H and O–H groups in total. The molecule has 0 saturated heterocycles. The van der Waals surface area contributed by atoms with Crippen LogP contribution in [0.2, 0.25) is 0 Å². The van der Waals surface area contributed by atoms with Gasteiger partial charge >= 0.3 is 0 Å². The Morgan fingerprint density at radius 2 is 1.65 bits per heavy atom. The van der Waals surface area contributed by atoms with Crippen molar-refractivity contribution in [3.63, 3.8) is 0 Å². The predicted octanol–water partition coefficient (Wildman–Crippen LogP) is 6.11. The molecule has 1 aliphatic carbocycles. The van der Waals surface area contributed by atoms with E-state index in [1.165, 1.54) is 24.8 Å². The highest BCUT2D eigenvalue weighted by Crippen LogP contribution is 2.25. The zero-order valence-corrected chi connectivity index (χ0v) is 17.8. The van der Waals surface area contributed by atoms with E-state index in [-0.39, 0.29) is 11.9 Å². The van der Waals surface area contributed by atoms with Crippen molar-refractivity contribution in [1.29, 1.82) is 0 Å². The summed E-state index contributed by atoms with van der Waals surface area (Å²) in [6.07, 6.45) is 6.67. The minimum atomic E-state index is -0.00901. The van der Waals surface area contributed by atoms with E-state index >= 15 is 0 Å². The van der Waals surface area contributed by atoms with E-state index < -0.39 is 0 Å². The van der Waals surface area contributed by atoms with Gasteiger partial charge in [0.2, 0.25) is 0 Å². The first-order valence-electron chi connectivity index (χ1n) is 11.2. The molecule has 0 unspecified atom stereocenters. The largest absolute Gasteiger partial charge is 0.493 e. The van der Waals surface area contributed by atoms with Gasteiger partial charge in [-0.1, -0.05) is 67.8 Å². The Morgan fingerprint density at radius 3 is 2.48 bits per heavy atom. The zero-order valence-electron chi connectivity index (χ0n) is 17.8. The molecule has 3 aromatic carbocycles. The lowest BCUT2D eigenvalue weighted by molar-refractivity contribution is 0.0928. The van der Waals surface area contributed by atoms with Gasteiger partial charge in [0.15, 0.2) is 0 Å². The van der Waals surface area contributed by atoms with Crippen molar-refractivity contribution in [3.8, 4) is 5.75 Å². The predicted molar refractivity (Wildman–Crippen MR) is 126 cm³/mol. The standard InChI is InChI=1S/C27H30N2O2/c30-27(29-22-12-5-2-6-13-22)25-16-7-8-17-26(25)28-23-14-9-15-24(20-23)31-19-18-21-10-3-1-4-11-21/h1,3-4,7-11,14-17,20,22,28H,2,5-6,12-13,18-19H2,(H,29,30). The summed E-state index contributed by atoms with van der Waals surface area (Å²) in [5, 5.41) is 6.61. The SMILES string of the molecule is O=C(NC1CCCCC1)c1ccccc1Nc1cccc(OCCc2ccccc2)c1. The number of benzene rings is 3. The van der Waals surface area contributed by atoms with Crippen LogP contribution < -0.4 is 15.4 Å². The Kier molecular flexibility index (Phi) is 7.22. The summed E-state index contributed by atoms with van der Waals surface area (Å²) < 4.78 is 5.95. The van der Waals surface area contributed by atoms with Gasteiger partial charge in [0.25, 0.3) is 5.91 Å². The van der Waals surface area contributed by atoms with Gasteiger partial charge in [-0.3, -0.25) is 4.79 Å². The van der Waals surface area contributed by atoms with E-state index in [1.54, 1.807) is 0 Å². The van der Waals surface area contributed by atoms with Gasteiger partial charge in [0, 0.05) is 24.2 Å². The van der Waals surface area contributed by atoms with Crippen LogP contribution in [0.25, 0.3) is 0 Å². The third-order valence-corrected chi connectivity index (χ3v) is 5.73. The number of anilines is 2. The molecule has 0 spiro atoms. The number of nitrogens with one attached hydrogen (secondary N) is 2. The summed E-state index contributed by atoms with van der Waals surface area (Å²) in [4.78, 5) is 12.9. The molecule has 0 atom stereocenters. The monoisotopic (exact) mass is 414 g/mol. The van der Waals surface area contributed by atoms with Crippen molar-refractivity contribution in [2.75, 3.05) is 11.9 Å². The normalized spacial score (nSPS) is 14.1.